The fourth-order valence-electron chi connectivity index (χ4n) is 0.893. The van der Waals surface area contributed by atoms with E-state index >= 15 is 0 Å². The van der Waals surface area contributed by atoms with E-state index in [4.69, 9.17) is 20.4 Å². The number of carbonyl (C=O) groups excluding carboxylic acids is 2. The molecule has 0 aromatic rings. The standard InChI is InChI=1S/C10H14O5.3C3H8O/c1-6(2)10(14)15-5-4-8(7(3)11)9(12)13;3*1-2-3-4/h8H,1,4-5H2,2-3H3,(H,12,13);3*4H,2-3H2,1H3. The summed E-state index contributed by atoms with van der Waals surface area (Å²) in [6.07, 6.45) is 2.61. The van der Waals surface area contributed by atoms with Crippen LogP contribution < -0.4 is 0 Å². The molecule has 0 saturated heterocycles. The zero-order chi connectivity index (χ0) is 22.3. The molecule has 8 heteroatoms. The number of ketones is 1. The molecular weight excluding hydrogens is 356 g/mol. The van der Waals surface area contributed by atoms with Crippen LogP contribution in [-0.2, 0) is 19.1 Å². The van der Waals surface area contributed by atoms with E-state index in [1.54, 1.807) is 0 Å². The Hall–Kier alpha value is -1.77. The minimum atomic E-state index is -1.20. The van der Waals surface area contributed by atoms with Crippen molar-refractivity contribution in [2.24, 2.45) is 5.92 Å². The molecule has 27 heavy (non-hydrogen) atoms. The van der Waals surface area contributed by atoms with Gasteiger partial charge in [-0.05, 0) is 33.1 Å². The number of Topliss-reactive ketones (excluding diaryl/α,β-unsaturated/α-hetero) is 1. The summed E-state index contributed by atoms with van der Waals surface area (Å²) in [4.78, 5) is 32.3. The Morgan fingerprint density at radius 1 is 0.889 bits per heavy atom. The van der Waals surface area contributed by atoms with E-state index in [1.165, 1.54) is 13.8 Å². The second kappa shape index (κ2) is 26.5. The molecule has 0 heterocycles. The summed E-state index contributed by atoms with van der Waals surface area (Å²) in [5.74, 6) is -3.34. The largest absolute Gasteiger partial charge is 0.481 e. The molecule has 0 amide bonds. The van der Waals surface area contributed by atoms with Crippen molar-refractivity contribution in [1.82, 2.24) is 0 Å². The summed E-state index contributed by atoms with van der Waals surface area (Å²) in [6, 6.07) is 0. The number of carboxylic acids is 1. The maximum atomic E-state index is 10.9. The average Bonchev–Trinajstić information content (AvgIpc) is 2.64. The molecule has 0 saturated carbocycles. The van der Waals surface area contributed by atoms with Crippen LogP contribution in [0.1, 0.15) is 60.3 Å². The van der Waals surface area contributed by atoms with Gasteiger partial charge in [0.15, 0.2) is 0 Å². The molecular formula is C19H38O8. The van der Waals surface area contributed by atoms with Crippen LogP contribution in [0.5, 0.6) is 0 Å². The number of hydrogen-bond acceptors (Lipinski definition) is 7. The second-order valence-corrected chi connectivity index (χ2v) is 5.38. The van der Waals surface area contributed by atoms with E-state index in [0.717, 1.165) is 19.3 Å². The van der Waals surface area contributed by atoms with Gasteiger partial charge in [-0.3, -0.25) is 9.59 Å². The van der Waals surface area contributed by atoms with E-state index in [2.05, 4.69) is 11.3 Å². The molecule has 0 bridgehead atoms. The molecule has 162 valence electrons. The first-order valence-corrected chi connectivity index (χ1v) is 8.99. The van der Waals surface area contributed by atoms with E-state index in [-0.39, 0.29) is 18.6 Å². The van der Waals surface area contributed by atoms with Gasteiger partial charge in [0.05, 0.1) is 6.61 Å². The van der Waals surface area contributed by atoms with Crippen molar-refractivity contribution in [2.45, 2.75) is 60.3 Å². The SMILES string of the molecule is C=C(C)C(=O)OCCC(C(C)=O)C(=O)O.CCCO.CCCO.CCCO. The molecule has 0 spiro atoms. The summed E-state index contributed by atoms with van der Waals surface area (Å²) in [5.41, 5.74) is 0.240. The van der Waals surface area contributed by atoms with Crippen LogP contribution in [0.2, 0.25) is 0 Å². The first-order chi connectivity index (χ1) is 12.6. The molecule has 0 fully saturated rings. The molecule has 4 N–H and O–H groups in total. The van der Waals surface area contributed by atoms with Gasteiger partial charge < -0.3 is 25.2 Å². The monoisotopic (exact) mass is 394 g/mol. The molecule has 8 nitrogen and oxygen atoms in total. The molecule has 0 aliphatic rings. The highest BCUT2D eigenvalue weighted by atomic mass is 16.5. The lowest BCUT2D eigenvalue weighted by atomic mass is 10.0. The van der Waals surface area contributed by atoms with Gasteiger partial charge in [0.25, 0.3) is 0 Å². The number of carboxylic acid groups (broad SMARTS) is 1. The molecule has 0 aliphatic carbocycles. The Morgan fingerprint density at radius 3 is 1.41 bits per heavy atom. The highest BCUT2D eigenvalue weighted by molar-refractivity contribution is 5.96. The summed E-state index contributed by atoms with van der Waals surface area (Å²) in [7, 11) is 0. The predicted octanol–water partition coefficient (Wildman–Crippen LogP) is 1.95. The van der Waals surface area contributed by atoms with Crippen molar-refractivity contribution in [3.8, 4) is 0 Å². The van der Waals surface area contributed by atoms with Crippen LogP contribution in [0.3, 0.4) is 0 Å². The van der Waals surface area contributed by atoms with E-state index in [0.29, 0.717) is 19.8 Å². The number of esters is 1. The Labute approximate surface area is 162 Å². The van der Waals surface area contributed by atoms with Gasteiger partial charge in [-0.1, -0.05) is 27.4 Å². The fraction of sp³-hybridized carbons (Fsp3) is 0.737. The van der Waals surface area contributed by atoms with Crippen molar-refractivity contribution >= 4 is 17.7 Å². The number of ether oxygens (including phenoxy) is 1. The van der Waals surface area contributed by atoms with Gasteiger partial charge in [-0.25, -0.2) is 4.79 Å². The van der Waals surface area contributed by atoms with Gasteiger partial charge in [0, 0.05) is 31.8 Å². The quantitative estimate of drug-likeness (QED) is 0.264. The lowest BCUT2D eigenvalue weighted by Crippen LogP contribution is -2.23. The number of hydrogen-bond donors (Lipinski definition) is 4. The molecule has 0 aromatic carbocycles. The third kappa shape index (κ3) is 32.4. The molecule has 0 aliphatic heterocycles. The molecule has 1 atom stereocenters. The minimum Gasteiger partial charge on any atom is -0.481 e. The van der Waals surface area contributed by atoms with Gasteiger partial charge in [-0.2, -0.15) is 0 Å². The number of rotatable bonds is 9. The van der Waals surface area contributed by atoms with Crippen molar-refractivity contribution in [3.63, 3.8) is 0 Å². The van der Waals surface area contributed by atoms with E-state index in [1.807, 2.05) is 20.8 Å². The number of aliphatic hydroxyl groups is 3. The van der Waals surface area contributed by atoms with Gasteiger partial charge in [-0.15, -0.1) is 0 Å². The Kier molecular flexibility index (Phi) is 32.2. The fourth-order valence-corrected chi connectivity index (χ4v) is 0.893. The molecule has 1 unspecified atom stereocenters. The summed E-state index contributed by atoms with van der Waals surface area (Å²) in [6.45, 7) is 12.7. The molecule has 0 aromatic heterocycles. The van der Waals surface area contributed by atoms with Gasteiger partial charge in [0.2, 0.25) is 0 Å². The topological polar surface area (TPSA) is 141 Å². The second-order valence-electron chi connectivity index (χ2n) is 5.38. The van der Waals surface area contributed by atoms with Crippen molar-refractivity contribution in [3.05, 3.63) is 12.2 Å². The first kappa shape index (κ1) is 32.9. The lowest BCUT2D eigenvalue weighted by Gasteiger charge is -2.08. The Bertz CT molecular complexity index is 350. The van der Waals surface area contributed by atoms with Crippen LogP contribution in [0.15, 0.2) is 12.2 Å². The molecule has 0 radical (unpaired) electrons. The Morgan fingerprint density at radius 2 is 1.22 bits per heavy atom. The lowest BCUT2D eigenvalue weighted by molar-refractivity contribution is -0.149. The highest BCUT2D eigenvalue weighted by Gasteiger charge is 2.22. The van der Waals surface area contributed by atoms with Crippen molar-refractivity contribution in [2.75, 3.05) is 26.4 Å². The van der Waals surface area contributed by atoms with Crippen LogP contribution in [0.4, 0.5) is 0 Å². The summed E-state index contributed by atoms with van der Waals surface area (Å²) >= 11 is 0. The number of aliphatic carboxylic acids is 1. The van der Waals surface area contributed by atoms with Crippen molar-refractivity contribution < 1.29 is 39.5 Å². The third-order valence-corrected chi connectivity index (χ3v) is 2.45. The number of carbonyl (C=O) groups is 3. The van der Waals surface area contributed by atoms with E-state index < -0.39 is 23.6 Å². The third-order valence-electron chi connectivity index (χ3n) is 2.45. The van der Waals surface area contributed by atoms with Gasteiger partial charge >= 0.3 is 11.9 Å². The van der Waals surface area contributed by atoms with Crippen LogP contribution in [0, 0.1) is 5.92 Å². The maximum absolute atomic E-state index is 10.9. The van der Waals surface area contributed by atoms with Crippen LogP contribution in [0.25, 0.3) is 0 Å². The van der Waals surface area contributed by atoms with Gasteiger partial charge in [0.1, 0.15) is 11.7 Å². The van der Waals surface area contributed by atoms with E-state index in [9.17, 15) is 14.4 Å². The smallest absolute Gasteiger partial charge is 0.333 e. The predicted molar refractivity (Wildman–Crippen MR) is 104 cm³/mol. The molecule has 0 rings (SSSR count). The summed E-state index contributed by atoms with van der Waals surface area (Å²) < 4.78 is 4.68. The normalized spacial score (nSPS) is 9.78. The van der Waals surface area contributed by atoms with Crippen LogP contribution in [-0.4, -0.2) is 64.6 Å². The Balaban J connectivity index is -0.000000179. The van der Waals surface area contributed by atoms with Crippen molar-refractivity contribution in [1.29, 1.82) is 0 Å². The summed E-state index contributed by atoms with van der Waals surface area (Å²) in [5, 5.41) is 32.3. The average molecular weight is 395 g/mol. The first-order valence-electron chi connectivity index (χ1n) is 8.99. The highest BCUT2D eigenvalue weighted by Crippen LogP contribution is 2.06. The van der Waals surface area contributed by atoms with Crippen LogP contribution >= 0.6 is 0 Å². The maximum Gasteiger partial charge on any atom is 0.333 e. The number of aliphatic hydroxyl groups excluding tert-OH is 3. The zero-order valence-electron chi connectivity index (χ0n) is 17.4. The zero-order valence-corrected chi connectivity index (χ0v) is 17.4. The minimum absolute atomic E-state index is 0.0102.